The zero-order valence-corrected chi connectivity index (χ0v) is 10.5. The Hall–Kier alpha value is -1.07. The average molecular weight is 254 g/mol. The van der Waals surface area contributed by atoms with Crippen molar-refractivity contribution in [3.63, 3.8) is 0 Å². The number of rotatable bonds is 4. The maximum Gasteiger partial charge on any atom is 0.238 e. The fraction of sp³-hybridized carbons (Fsp3) is 0.500. The Morgan fingerprint density at radius 3 is 2.29 bits per heavy atom. The molecule has 3 N–H and O–H groups in total. The first kappa shape index (κ1) is 12.4. The third kappa shape index (κ3) is 3.44. The van der Waals surface area contributed by atoms with E-state index < -0.39 is 10.0 Å². The van der Waals surface area contributed by atoms with E-state index in [1.165, 1.54) is 37.8 Å². The molecule has 0 aliphatic heterocycles. The van der Waals surface area contributed by atoms with Gasteiger partial charge in [0.2, 0.25) is 10.0 Å². The van der Waals surface area contributed by atoms with Gasteiger partial charge in [-0.1, -0.05) is 12.8 Å². The van der Waals surface area contributed by atoms with Gasteiger partial charge in [0.15, 0.2) is 0 Å². The first-order valence-electron chi connectivity index (χ1n) is 5.92. The SMILES string of the molecule is NS(=O)(=O)c1ccc(NCC2CCCC2)cc1. The number of anilines is 1. The van der Waals surface area contributed by atoms with Crippen molar-refractivity contribution < 1.29 is 8.42 Å². The van der Waals surface area contributed by atoms with E-state index in [2.05, 4.69) is 5.32 Å². The minimum Gasteiger partial charge on any atom is -0.385 e. The first-order valence-corrected chi connectivity index (χ1v) is 7.47. The molecule has 1 aromatic carbocycles. The number of benzene rings is 1. The Labute approximate surface area is 102 Å². The van der Waals surface area contributed by atoms with Crippen LogP contribution in [0.2, 0.25) is 0 Å². The van der Waals surface area contributed by atoms with Crippen LogP contribution >= 0.6 is 0 Å². The molecule has 0 unspecified atom stereocenters. The van der Waals surface area contributed by atoms with Crippen LogP contribution in [0.3, 0.4) is 0 Å². The Bertz CT molecular complexity index is 462. The van der Waals surface area contributed by atoms with Crippen LogP contribution in [0, 0.1) is 5.92 Å². The van der Waals surface area contributed by atoms with Crippen molar-refractivity contribution in [1.29, 1.82) is 0 Å². The van der Waals surface area contributed by atoms with Gasteiger partial charge < -0.3 is 5.32 Å². The lowest BCUT2D eigenvalue weighted by atomic mass is 10.1. The van der Waals surface area contributed by atoms with E-state index in [0.717, 1.165) is 18.2 Å². The lowest BCUT2D eigenvalue weighted by molar-refractivity contribution is 0.580. The average Bonchev–Trinajstić information content (AvgIpc) is 2.78. The van der Waals surface area contributed by atoms with Gasteiger partial charge in [-0.2, -0.15) is 0 Å². The lowest BCUT2D eigenvalue weighted by Crippen LogP contribution is -2.13. The summed E-state index contributed by atoms with van der Waals surface area (Å²) in [7, 11) is -3.58. The number of hydrogen-bond acceptors (Lipinski definition) is 3. The summed E-state index contributed by atoms with van der Waals surface area (Å²) in [6.07, 6.45) is 5.25. The molecule has 17 heavy (non-hydrogen) atoms. The van der Waals surface area contributed by atoms with Crippen LogP contribution < -0.4 is 10.5 Å². The molecule has 5 heteroatoms. The van der Waals surface area contributed by atoms with Gasteiger partial charge in [0.25, 0.3) is 0 Å². The minimum absolute atomic E-state index is 0.156. The van der Waals surface area contributed by atoms with Gasteiger partial charge in [0, 0.05) is 12.2 Å². The summed E-state index contributed by atoms with van der Waals surface area (Å²) in [6, 6.07) is 6.59. The number of sulfonamides is 1. The number of hydrogen-bond donors (Lipinski definition) is 2. The van der Waals surface area contributed by atoms with Crippen molar-refractivity contribution in [2.45, 2.75) is 30.6 Å². The molecule has 0 radical (unpaired) electrons. The van der Waals surface area contributed by atoms with Crippen LogP contribution in [0.25, 0.3) is 0 Å². The molecule has 1 fully saturated rings. The van der Waals surface area contributed by atoms with Crippen LogP contribution in [0.4, 0.5) is 5.69 Å². The minimum atomic E-state index is -3.58. The molecule has 0 amide bonds. The topological polar surface area (TPSA) is 72.2 Å². The molecule has 0 bridgehead atoms. The van der Waals surface area contributed by atoms with Crippen LogP contribution in [-0.2, 0) is 10.0 Å². The summed E-state index contributed by atoms with van der Waals surface area (Å²) >= 11 is 0. The van der Waals surface area contributed by atoms with Gasteiger partial charge in [-0.15, -0.1) is 0 Å². The molecule has 0 aromatic heterocycles. The predicted molar refractivity (Wildman–Crippen MR) is 68.3 cm³/mol. The fourth-order valence-corrected chi connectivity index (χ4v) is 2.75. The Kier molecular flexibility index (Phi) is 3.69. The molecule has 0 heterocycles. The molecular formula is C12H18N2O2S. The molecule has 0 spiro atoms. The van der Waals surface area contributed by atoms with E-state index in [1.807, 2.05) is 0 Å². The van der Waals surface area contributed by atoms with Gasteiger partial charge in [-0.05, 0) is 43.0 Å². The Morgan fingerprint density at radius 2 is 1.76 bits per heavy atom. The molecule has 94 valence electrons. The highest BCUT2D eigenvalue weighted by molar-refractivity contribution is 7.89. The summed E-state index contributed by atoms with van der Waals surface area (Å²) in [4.78, 5) is 0.156. The largest absolute Gasteiger partial charge is 0.385 e. The van der Waals surface area contributed by atoms with Crippen molar-refractivity contribution in [3.05, 3.63) is 24.3 Å². The van der Waals surface area contributed by atoms with E-state index in [-0.39, 0.29) is 4.90 Å². The highest BCUT2D eigenvalue weighted by Crippen LogP contribution is 2.25. The van der Waals surface area contributed by atoms with Crippen molar-refractivity contribution >= 4 is 15.7 Å². The summed E-state index contributed by atoms with van der Waals surface area (Å²) in [5, 5.41) is 8.36. The number of nitrogens with one attached hydrogen (secondary N) is 1. The highest BCUT2D eigenvalue weighted by Gasteiger charge is 2.14. The van der Waals surface area contributed by atoms with E-state index in [9.17, 15) is 8.42 Å². The molecule has 1 aliphatic carbocycles. The van der Waals surface area contributed by atoms with Gasteiger partial charge in [-0.25, -0.2) is 13.6 Å². The zero-order chi connectivity index (χ0) is 12.3. The van der Waals surface area contributed by atoms with Crippen LogP contribution in [0.1, 0.15) is 25.7 Å². The van der Waals surface area contributed by atoms with Crippen molar-refractivity contribution in [2.75, 3.05) is 11.9 Å². The second-order valence-electron chi connectivity index (χ2n) is 4.60. The van der Waals surface area contributed by atoms with Crippen LogP contribution in [-0.4, -0.2) is 15.0 Å². The second kappa shape index (κ2) is 5.06. The van der Waals surface area contributed by atoms with E-state index >= 15 is 0 Å². The van der Waals surface area contributed by atoms with E-state index in [4.69, 9.17) is 5.14 Å². The third-order valence-corrected chi connectivity index (χ3v) is 4.18. The summed E-state index contributed by atoms with van der Waals surface area (Å²) in [6.45, 7) is 0.967. The van der Waals surface area contributed by atoms with Gasteiger partial charge in [0.05, 0.1) is 4.90 Å². The molecule has 4 nitrogen and oxygen atoms in total. The molecule has 0 saturated heterocycles. The number of nitrogens with two attached hydrogens (primary N) is 1. The van der Waals surface area contributed by atoms with Crippen molar-refractivity contribution in [3.8, 4) is 0 Å². The normalized spacial score (nSPS) is 17.2. The zero-order valence-electron chi connectivity index (χ0n) is 9.72. The Balaban J connectivity index is 1.94. The lowest BCUT2D eigenvalue weighted by Gasteiger charge is -2.11. The van der Waals surface area contributed by atoms with E-state index in [1.54, 1.807) is 12.1 Å². The molecule has 2 rings (SSSR count). The Morgan fingerprint density at radius 1 is 1.18 bits per heavy atom. The standard InChI is InChI=1S/C12H18N2O2S/c13-17(15,16)12-7-5-11(6-8-12)14-9-10-3-1-2-4-10/h5-8,10,14H,1-4,9H2,(H2,13,15,16). The van der Waals surface area contributed by atoms with E-state index in [0.29, 0.717) is 0 Å². The monoisotopic (exact) mass is 254 g/mol. The predicted octanol–water partition coefficient (Wildman–Crippen LogP) is 1.94. The third-order valence-electron chi connectivity index (χ3n) is 3.25. The van der Waals surface area contributed by atoms with Crippen molar-refractivity contribution in [1.82, 2.24) is 0 Å². The molecule has 1 saturated carbocycles. The molecule has 1 aromatic rings. The summed E-state index contributed by atoms with van der Waals surface area (Å²) < 4.78 is 22.1. The molecule has 0 atom stereocenters. The second-order valence-corrected chi connectivity index (χ2v) is 6.16. The molecule has 1 aliphatic rings. The van der Waals surface area contributed by atoms with Gasteiger partial charge in [-0.3, -0.25) is 0 Å². The first-order chi connectivity index (χ1) is 8.05. The quantitative estimate of drug-likeness (QED) is 0.862. The summed E-state index contributed by atoms with van der Waals surface area (Å²) in [5.41, 5.74) is 0.948. The fourth-order valence-electron chi connectivity index (χ4n) is 2.24. The summed E-state index contributed by atoms with van der Waals surface area (Å²) in [5.74, 6) is 0.757. The maximum atomic E-state index is 11.1. The highest BCUT2D eigenvalue weighted by atomic mass is 32.2. The van der Waals surface area contributed by atoms with Gasteiger partial charge in [0.1, 0.15) is 0 Å². The van der Waals surface area contributed by atoms with Crippen LogP contribution in [0.5, 0.6) is 0 Å². The molecular weight excluding hydrogens is 236 g/mol. The maximum absolute atomic E-state index is 11.1. The smallest absolute Gasteiger partial charge is 0.238 e. The number of primary sulfonamides is 1. The van der Waals surface area contributed by atoms with Crippen LogP contribution in [0.15, 0.2) is 29.2 Å². The van der Waals surface area contributed by atoms with Gasteiger partial charge >= 0.3 is 0 Å². The van der Waals surface area contributed by atoms with Crippen molar-refractivity contribution in [2.24, 2.45) is 11.1 Å².